The van der Waals surface area contributed by atoms with E-state index in [0.717, 1.165) is 6.42 Å². The van der Waals surface area contributed by atoms with E-state index in [2.05, 4.69) is 18.8 Å². The normalized spacial score (nSPS) is 23.9. The average Bonchev–Trinajstić information content (AvgIpc) is 2.86. The largest absolute Gasteiger partial charge is 0.493 e. The Morgan fingerprint density at radius 2 is 2.08 bits per heavy atom. The van der Waals surface area contributed by atoms with Gasteiger partial charge in [-0.15, -0.1) is 0 Å². The monoisotopic (exact) mass is 338 g/mol. The maximum atomic E-state index is 13.6. The van der Waals surface area contributed by atoms with E-state index < -0.39 is 12.0 Å². The van der Waals surface area contributed by atoms with Gasteiger partial charge < -0.3 is 14.4 Å². The van der Waals surface area contributed by atoms with Crippen molar-refractivity contribution >= 4 is 11.0 Å². The lowest BCUT2D eigenvalue weighted by Gasteiger charge is -2.41. The number of aromatic nitrogens is 2. The molecule has 6 heteroatoms. The first-order chi connectivity index (χ1) is 11.3. The van der Waals surface area contributed by atoms with Gasteiger partial charge in [0.2, 0.25) is 0 Å². The number of imidazole rings is 1. The summed E-state index contributed by atoms with van der Waals surface area (Å²) in [4.78, 5) is 4.28. The average molecular weight is 338 g/mol. The smallest absolute Gasteiger partial charge is 0.266 e. The molecule has 0 unspecified atom stereocenters. The summed E-state index contributed by atoms with van der Waals surface area (Å²) in [5.41, 5.74) is 0.184. The minimum Gasteiger partial charge on any atom is -0.493 e. The Hall–Kier alpha value is -1.69. The van der Waals surface area contributed by atoms with E-state index in [9.17, 15) is 13.9 Å². The maximum Gasteiger partial charge on any atom is 0.266 e. The number of rotatable bonds is 6. The summed E-state index contributed by atoms with van der Waals surface area (Å²) >= 11 is 0. The molecule has 24 heavy (non-hydrogen) atoms. The number of nitrogens with zero attached hydrogens (tertiary/aromatic N) is 2. The lowest BCUT2D eigenvalue weighted by atomic mass is 9.77. The number of hydrogen-bond acceptors (Lipinski definition) is 3. The second kappa shape index (κ2) is 6.31. The van der Waals surface area contributed by atoms with Crippen LogP contribution in [0.4, 0.5) is 8.78 Å². The van der Waals surface area contributed by atoms with E-state index in [1.807, 2.05) is 0 Å². The molecule has 1 fully saturated rings. The molecule has 1 aromatic carbocycles. The fraction of sp³-hybridized carbons (Fsp3) is 0.611. The Morgan fingerprint density at radius 1 is 1.38 bits per heavy atom. The van der Waals surface area contributed by atoms with Crippen molar-refractivity contribution in [1.29, 1.82) is 0 Å². The van der Waals surface area contributed by atoms with Crippen molar-refractivity contribution in [2.45, 2.75) is 58.1 Å². The van der Waals surface area contributed by atoms with Crippen LogP contribution < -0.4 is 4.74 Å². The van der Waals surface area contributed by atoms with Crippen LogP contribution in [-0.2, 0) is 0 Å². The number of benzene rings is 1. The Bertz CT molecular complexity index is 717. The number of alkyl halides is 2. The third kappa shape index (κ3) is 3.38. The van der Waals surface area contributed by atoms with Crippen LogP contribution in [0.1, 0.15) is 58.1 Å². The highest BCUT2D eigenvalue weighted by Gasteiger charge is 2.40. The summed E-state index contributed by atoms with van der Waals surface area (Å²) in [6.07, 6.45) is 0.959. The standard InChI is InChI=1S/C18H24F2N2O2/c1-11(2)4-5-24-13-6-14(17(19)20)16-15(7-13)21-10-22(16)12-8-18(3,23)9-12/h6-7,10-12,17,23H,4-5,8-9H2,1-3H3. The van der Waals surface area contributed by atoms with Crippen molar-refractivity contribution in [3.8, 4) is 5.75 Å². The molecule has 4 nitrogen and oxygen atoms in total. The molecule has 0 aliphatic heterocycles. The fourth-order valence-electron chi connectivity index (χ4n) is 3.27. The van der Waals surface area contributed by atoms with Gasteiger partial charge in [0.1, 0.15) is 5.75 Å². The van der Waals surface area contributed by atoms with Gasteiger partial charge in [-0.2, -0.15) is 0 Å². The molecule has 1 aliphatic carbocycles. The summed E-state index contributed by atoms with van der Waals surface area (Å²) in [5, 5.41) is 9.92. The van der Waals surface area contributed by atoms with E-state index >= 15 is 0 Å². The zero-order valence-electron chi connectivity index (χ0n) is 14.3. The molecule has 0 spiro atoms. The van der Waals surface area contributed by atoms with Crippen molar-refractivity contribution in [2.75, 3.05) is 6.61 Å². The van der Waals surface area contributed by atoms with E-state index in [1.165, 1.54) is 6.07 Å². The van der Waals surface area contributed by atoms with Crippen molar-refractivity contribution in [3.05, 3.63) is 24.0 Å². The summed E-state index contributed by atoms with van der Waals surface area (Å²) in [5.74, 6) is 0.929. The van der Waals surface area contributed by atoms with E-state index in [0.29, 0.717) is 42.1 Å². The van der Waals surface area contributed by atoms with Gasteiger partial charge in [0, 0.05) is 17.7 Å². The summed E-state index contributed by atoms with van der Waals surface area (Å²) in [6.45, 7) is 6.44. The molecule has 3 rings (SSSR count). The van der Waals surface area contributed by atoms with Gasteiger partial charge in [-0.3, -0.25) is 0 Å². The highest BCUT2D eigenvalue weighted by molar-refractivity contribution is 5.81. The highest BCUT2D eigenvalue weighted by Crippen LogP contribution is 2.43. The molecule has 0 amide bonds. The van der Waals surface area contributed by atoms with Crippen LogP contribution in [-0.4, -0.2) is 26.9 Å². The fourth-order valence-corrected chi connectivity index (χ4v) is 3.27. The topological polar surface area (TPSA) is 47.3 Å². The first-order valence-corrected chi connectivity index (χ1v) is 8.40. The van der Waals surface area contributed by atoms with Crippen molar-refractivity contribution in [1.82, 2.24) is 9.55 Å². The zero-order chi connectivity index (χ0) is 17.5. The first kappa shape index (κ1) is 17.1. The Morgan fingerprint density at radius 3 is 2.67 bits per heavy atom. The molecule has 0 atom stereocenters. The van der Waals surface area contributed by atoms with Crippen LogP contribution in [0.2, 0.25) is 0 Å². The highest BCUT2D eigenvalue weighted by atomic mass is 19.3. The number of aliphatic hydroxyl groups is 1. The van der Waals surface area contributed by atoms with Gasteiger partial charge in [0.15, 0.2) is 0 Å². The first-order valence-electron chi connectivity index (χ1n) is 8.40. The molecule has 1 aromatic heterocycles. The minimum atomic E-state index is -2.60. The van der Waals surface area contributed by atoms with Crippen LogP contribution in [0.3, 0.4) is 0 Å². The molecule has 0 bridgehead atoms. The third-order valence-corrected chi connectivity index (χ3v) is 4.62. The van der Waals surface area contributed by atoms with Crippen molar-refractivity contribution in [3.63, 3.8) is 0 Å². The molecule has 0 radical (unpaired) electrons. The van der Waals surface area contributed by atoms with Crippen molar-refractivity contribution in [2.24, 2.45) is 5.92 Å². The summed E-state index contributed by atoms with van der Waals surface area (Å²) in [6, 6.07) is 3.15. The predicted molar refractivity (Wildman–Crippen MR) is 88.5 cm³/mol. The lowest BCUT2D eigenvalue weighted by Crippen LogP contribution is -2.41. The van der Waals surface area contributed by atoms with Gasteiger partial charge in [0.05, 0.1) is 29.6 Å². The minimum absolute atomic E-state index is 0.00945. The Labute approximate surface area is 140 Å². The zero-order valence-corrected chi connectivity index (χ0v) is 14.3. The van der Waals surface area contributed by atoms with Gasteiger partial charge in [-0.05, 0) is 38.2 Å². The van der Waals surface area contributed by atoms with Crippen LogP contribution in [0, 0.1) is 5.92 Å². The predicted octanol–water partition coefficient (Wildman–Crippen LogP) is 4.48. The second-order valence-corrected chi connectivity index (χ2v) is 7.42. The van der Waals surface area contributed by atoms with E-state index in [4.69, 9.17) is 4.74 Å². The number of ether oxygens (including phenoxy) is 1. The molecule has 1 saturated carbocycles. The molecule has 132 valence electrons. The van der Waals surface area contributed by atoms with Crippen LogP contribution in [0.25, 0.3) is 11.0 Å². The van der Waals surface area contributed by atoms with E-state index in [1.54, 1.807) is 23.9 Å². The van der Waals surface area contributed by atoms with Gasteiger partial charge in [-0.25, -0.2) is 13.8 Å². The molecular weight excluding hydrogens is 314 g/mol. The molecule has 1 N–H and O–H groups in total. The van der Waals surface area contributed by atoms with Gasteiger partial charge in [-0.1, -0.05) is 13.8 Å². The molecule has 1 aliphatic rings. The lowest BCUT2D eigenvalue weighted by molar-refractivity contribution is -0.0499. The third-order valence-electron chi connectivity index (χ3n) is 4.62. The number of hydrogen-bond donors (Lipinski definition) is 1. The Balaban J connectivity index is 1.91. The molecular formula is C18H24F2N2O2. The number of fused-ring (bicyclic) bond motifs is 1. The molecule has 0 saturated heterocycles. The Kier molecular flexibility index (Phi) is 4.51. The SMILES string of the molecule is CC(C)CCOc1cc(C(F)F)c2c(c1)ncn2C1CC(C)(O)C1. The molecule has 2 aromatic rings. The summed E-state index contributed by atoms with van der Waals surface area (Å²) in [7, 11) is 0. The number of halogens is 2. The maximum absolute atomic E-state index is 13.6. The second-order valence-electron chi connectivity index (χ2n) is 7.42. The van der Waals surface area contributed by atoms with Gasteiger partial charge in [0.25, 0.3) is 6.43 Å². The van der Waals surface area contributed by atoms with E-state index in [-0.39, 0.29) is 11.6 Å². The summed E-state index contributed by atoms with van der Waals surface area (Å²) < 4.78 is 34.6. The molecule has 1 heterocycles. The van der Waals surface area contributed by atoms with Gasteiger partial charge >= 0.3 is 0 Å². The van der Waals surface area contributed by atoms with Crippen LogP contribution in [0.15, 0.2) is 18.5 Å². The van der Waals surface area contributed by atoms with Crippen LogP contribution >= 0.6 is 0 Å². The quantitative estimate of drug-likeness (QED) is 0.844. The van der Waals surface area contributed by atoms with Crippen LogP contribution in [0.5, 0.6) is 5.75 Å². The van der Waals surface area contributed by atoms with Crippen molar-refractivity contribution < 1.29 is 18.6 Å².